The van der Waals surface area contributed by atoms with E-state index in [1.165, 1.54) is 43.0 Å². The summed E-state index contributed by atoms with van der Waals surface area (Å²) in [5, 5.41) is 0. The Morgan fingerprint density at radius 1 is 0.964 bits per heavy atom. The van der Waals surface area contributed by atoms with Gasteiger partial charge in [0.2, 0.25) is 5.82 Å². The molecule has 0 radical (unpaired) electrons. The molecule has 0 amide bonds. The third-order valence-corrected chi connectivity index (χ3v) is 9.20. The highest BCUT2D eigenvalue weighted by Gasteiger charge is 2.33. The second-order valence-corrected chi connectivity index (χ2v) is 10.9. The Labute approximate surface area is 163 Å². The molecule has 2 aromatic rings. The van der Waals surface area contributed by atoms with E-state index in [1.807, 2.05) is 12.1 Å². The Bertz CT molecular complexity index is 796. The number of alkyl halides is 3. The molecular weight excluding hydrogens is 391 g/mol. The molecule has 0 aliphatic carbocycles. The van der Waals surface area contributed by atoms with Gasteiger partial charge < -0.3 is 4.74 Å². The molecule has 28 heavy (non-hydrogen) atoms. The van der Waals surface area contributed by atoms with Crippen molar-refractivity contribution in [2.24, 2.45) is 0 Å². The van der Waals surface area contributed by atoms with Crippen molar-refractivity contribution in [1.29, 1.82) is 0 Å². The van der Waals surface area contributed by atoms with E-state index in [0.717, 1.165) is 12.1 Å². The van der Waals surface area contributed by atoms with Crippen LogP contribution in [0.5, 0.6) is 5.75 Å². The second kappa shape index (κ2) is 8.63. The fourth-order valence-electron chi connectivity index (χ4n) is 4.09. The highest BCUT2D eigenvalue weighted by molar-refractivity contribution is 6.59. The van der Waals surface area contributed by atoms with Crippen LogP contribution in [-0.4, -0.2) is 15.2 Å². The normalized spacial score (nSPS) is 20.2. The SMILES string of the molecule is CCC[Si@H]1CC[C@H](c2ccc(-c3ccc(OC(F)(F)F)c(F)c3F)cc2)CC1. The van der Waals surface area contributed by atoms with E-state index < -0.39 is 32.5 Å². The quantitative estimate of drug-likeness (QED) is 0.376. The van der Waals surface area contributed by atoms with Crippen molar-refractivity contribution < 1.29 is 26.7 Å². The monoisotopic (exact) mass is 414 g/mol. The van der Waals surface area contributed by atoms with E-state index in [-0.39, 0.29) is 5.56 Å². The molecule has 0 spiro atoms. The Balaban J connectivity index is 1.74. The van der Waals surface area contributed by atoms with E-state index in [4.69, 9.17) is 0 Å². The van der Waals surface area contributed by atoms with Gasteiger partial charge in [-0.15, -0.1) is 13.2 Å². The fourth-order valence-corrected chi connectivity index (χ4v) is 7.52. The second-order valence-electron chi connectivity index (χ2n) is 7.42. The van der Waals surface area contributed by atoms with Crippen LogP contribution in [0.15, 0.2) is 36.4 Å². The molecule has 0 saturated carbocycles. The molecule has 7 heteroatoms. The molecule has 1 aliphatic rings. The zero-order chi connectivity index (χ0) is 20.3. The van der Waals surface area contributed by atoms with E-state index in [1.54, 1.807) is 12.1 Å². The third kappa shape index (κ3) is 4.93. The summed E-state index contributed by atoms with van der Waals surface area (Å²) >= 11 is 0. The number of ether oxygens (including phenoxy) is 1. The van der Waals surface area contributed by atoms with Gasteiger partial charge in [0.25, 0.3) is 0 Å². The molecule has 1 nitrogen and oxygen atoms in total. The van der Waals surface area contributed by atoms with Gasteiger partial charge in [-0.25, -0.2) is 4.39 Å². The van der Waals surface area contributed by atoms with Crippen LogP contribution in [0.1, 0.15) is 37.7 Å². The lowest BCUT2D eigenvalue weighted by Crippen LogP contribution is -2.20. The van der Waals surface area contributed by atoms with Gasteiger partial charge in [-0.3, -0.25) is 0 Å². The minimum absolute atomic E-state index is 0.0855. The minimum Gasteiger partial charge on any atom is -0.403 e. The van der Waals surface area contributed by atoms with Crippen LogP contribution in [0.4, 0.5) is 22.0 Å². The minimum atomic E-state index is -5.07. The summed E-state index contributed by atoms with van der Waals surface area (Å²) in [5.74, 6) is -3.66. The van der Waals surface area contributed by atoms with Crippen LogP contribution < -0.4 is 4.74 Å². The number of hydrogen-bond donors (Lipinski definition) is 0. The first-order chi connectivity index (χ1) is 13.3. The first-order valence-electron chi connectivity index (χ1n) is 9.62. The maximum atomic E-state index is 14.3. The molecule has 1 fully saturated rings. The van der Waals surface area contributed by atoms with Crippen LogP contribution in [-0.2, 0) is 0 Å². The van der Waals surface area contributed by atoms with Gasteiger partial charge in [0.05, 0.1) is 0 Å². The fraction of sp³-hybridized carbons (Fsp3) is 0.429. The van der Waals surface area contributed by atoms with Crippen molar-refractivity contribution in [2.75, 3.05) is 0 Å². The Kier molecular flexibility index (Phi) is 6.42. The summed E-state index contributed by atoms with van der Waals surface area (Å²) in [7, 11) is -0.563. The topological polar surface area (TPSA) is 9.23 Å². The highest BCUT2D eigenvalue weighted by Crippen LogP contribution is 2.37. The molecule has 1 aliphatic heterocycles. The van der Waals surface area contributed by atoms with Gasteiger partial charge >= 0.3 is 6.36 Å². The largest absolute Gasteiger partial charge is 0.573 e. The van der Waals surface area contributed by atoms with Crippen LogP contribution in [0.3, 0.4) is 0 Å². The van der Waals surface area contributed by atoms with Crippen molar-refractivity contribution in [1.82, 2.24) is 0 Å². The summed E-state index contributed by atoms with van der Waals surface area (Å²) in [6.45, 7) is 2.24. The van der Waals surface area contributed by atoms with Crippen molar-refractivity contribution >= 4 is 8.80 Å². The smallest absolute Gasteiger partial charge is 0.403 e. The van der Waals surface area contributed by atoms with Crippen molar-refractivity contribution in [3.63, 3.8) is 0 Å². The Hall–Kier alpha value is -1.89. The first-order valence-corrected chi connectivity index (χ1v) is 12.1. The zero-order valence-electron chi connectivity index (χ0n) is 15.7. The Morgan fingerprint density at radius 3 is 2.18 bits per heavy atom. The van der Waals surface area contributed by atoms with Crippen LogP contribution in [0.25, 0.3) is 11.1 Å². The number of benzene rings is 2. The molecule has 0 atom stereocenters. The molecule has 1 saturated heterocycles. The molecular formula is C21H23F5OSi. The van der Waals surface area contributed by atoms with E-state index in [9.17, 15) is 22.0 Å². The van der Waals surface area contributed by atoms with Crippen LogP contribution in [0.2, 0.25) is 18.1 Å². The average Bonchev–Trinajstić information content (AvgIpc) is 2.66. The van der Waals surface area contributed by atoms with Gasteiger partial charge in [-0.05, 0) is 42.0 Å². The van der Waals surface area contributed by atoms with E-state index in [0.29, 0.717) is 11.5 Å². The van der Waals surface area contributed by atoms with E-state index >= 15 is 0 Å². The van der Waals surface area contributed by atoms with E-state index in [2.05, 4.69) is 11.7 Å². The summed E-state index contributed by atoms with van der Waals surface area (Å²) in [4.78, 5) is 0. The predicted molar refractivity (Wildman–Crippen MR) is 102 cm³/mol. The van der Waals surface area contributed by atoms with Crippen molar-refractivity contribution in [3.05, 3.63) is 53.6 Å². The maximum absolute atomic E-state index is 14.3. The summed E-state index contributed by atoms with van der Waals surface area (Å²) in [6.07, 6.45) is -1.44. The van der Waals surface area contributed by atoms with Crippen LogP contribution >= 0.6 is 0 Å². The highest BCUT2D eigenvalue weighted by atomic mass is 28.3. The summed E-state index contributed by atoms with van der Waals surface area (Å²) in [5.41, 5.74) is 1.52. The summed E-state index contributed by atoms with van der Waals surface area (Å²) < 4.78 is 68.5. The van der Waals surface area contributed by atoms with Gasteiger partial charge in [0.1, 0.15) is 0 Å². The molecule has 0 bridgehead atoms. The Morgan fingerprint density at radius 2 is 1.61 bits per heavy atom. The standard InChI is InChI=1S/C21H23F5OSi/c1-2-11-28-12-9-15(10-13-28)14-3-5-16(6-4-14)17-7-8-18(20(23)19(17)22)27-21(24,25)26/h3-8,15,28H,2,9-13H2,1H3/t15-,28-. The summed E-state index contributed by atoms with van der Waals surface area (Å²) in [6, 6.07) is 13.2. The van der Waals surface area contributed by atoms with Gasteiger partial charge in [-0.2, -0.15) is 4.39 Å². The molecule has 0 N–H and O–H groups in total. The number of rotatable bonds is 5. The van der Waals surface area contributed by atoms with Crippen molar-refractivity contribution in [2.45, 2.75) is 56.6 Å². The lowest BCUT2D eigenvalue weighted by atomic mass is 9.92. The lowest BCUT2D eigenvalue weighted by molar-refractivity contribution is -0.275. The van der Waals surface area contributed by atoms with Crippen molar-refractivity contribution in [3.8, 4) is 16.9 Å². The molecule has 152 valence electrons. The average molecular weight is 414 g/mol. The zero-order valence-corrected chi connectivity index (χ0v) is 16.8. The first kappa shape index (κ1) is 20.8. The third-order valence-electron chi connectivity index (χ3n) is 5.51. The molecule has 2 aromatic carbocycles. The molecule has 1 heterocycles. The lowest BCUT2D eigenvalue weighted by Gasteiger charge is -2.27. The van der Waals surface area contributed by atoms with Gasteiger partial charge in [0.15, 0.2) is 11.6 Å². The van der Waals surface area contributed by atoms with Crippen LogP contribution in [0, 0.1) is 11.6 Å². The molecule has 3 rings (SSSR count). The number of halogens is 5. The maximum Gasteiger partial charge on any atom is 0.573 e. The predicted octanol–water partition coefficient (Wildman–Crippen LogP) is 7.04. The molecule has 0 unspecified atom stereocenters. The molecule has 0 aromatic heterocycles. The van der Waals surface area contributed by atoms with Gasteiger partial charge in [0, 0.05) is 14.4 Å². The van der Waals surface area contributed by atoms with Gasteiger partial charge in [-0.1, -0.05) is 55.7 Å². The number of hydrogen-bond acceptors (Lipinski definition) is 1.